The first-order valence-corrected chi connectivity index (χ1v) is 12.1. The molecule has 6 nitrogen and oxygen atoms in total. The fourth-order valence-electron chi connectivity index (χ4n) is 3.33. The van der Waals surface area contributed by atoms with E-state index in [0.29, 0.717) is 21.9 Å². The Hall–Kier alpha value is -3.02. The first-order chi connectivity index (χ1) is 15.5. The summed E-state index contributed by atoms with van der Waals surface area (Å²) >= 11 is 2.66. The van der Waals surface area contributed by atoms with Crippen LogP contribution in [0, 0.1) is 11.3 Å². The van der Waals surface area contributed by atoms with Gasteiger partial charge in [-0.1, -0.05) is 48.2 Å². The van der Waals surface area contributed by atoms with Crippen LogP contribution in [0.1, 0.15) is 37.1 Å². The van der Waals surface area contributed by atoms with Crippen LogP contribution in [0.3, 0.4) is 0 Å². The molecular formula is C24H24N2O4S2. The number of rotatable bonds is 8. The molecule has 32 heavy (non-hydrogen) atoms. The number of nitrogens with zero attached hydrogens (tertiary/aromatic N) is 1. The fourth-order valence-corrected chi connectivity index (χ4v) is 4.99. The number of benzene rings is 1. The van der Waals surface area contributed by atoms with E-state index < -0.39 is 11.9 Å². The third kappa shape index (κ3) is 5.42. The highest BCUT2D eigenvalue weighted by atomic mass is 32.2. The molecule has 0 saturated heterocycles. The number of ether oxygens (including phenoxy) is 2. The summed E-state index contributed by atoms with van der Waals surface area (Å²) in [4.78, 5) is 26.1. The van der Waals surface area contributed by atoms with Crippen molar-refractivity contribution in [1.29, 1.82) is 5.26 Å². The normalized spacial score (nSPS) is 15.9. The lowest BCUT2D eigenvalue weighted by atomic mass is 9.85. The minimum Gasteiger partial charge on any atom is -0.463 e. The Labute approximate surface area is 195 Å². The number of carbonyl (C=O) groups is 2. The van der Waals surface area contributed by atoms with E-state index >= 15 is 0 Å². The Kier molecular flexibility index (Phi) is 8.14. The van der Waals surface area contributed by atoms with Crippen molar-refractivity contribution in [2.24, 2.45) is 0 Å². The van der Waals surface area contributed by atoms with Gasteiger partial charge in [-0.05, 0) is 37.8 Å². The maximum Gasteiger partial charge on any atom is 0.337 e. The quantitative estimate of drug-likeness (QED) is 0.555. The predicted molar refractivity (Wildman–Crippen MR) is 127 cm³/mol. The van der Waals surface area contributed by atoms with E-state index in [9.17, 15) is 14.9 Å². The van der Waals surface area contributed by atoms with Gasteiger partial charge >= 0.3 is 11.9 Å². The highest BCUT2D eigenvalue weighted by molar-refractivity contribution is 8.03. The molecule has 1 aromatic carbocycles. The molecule has 0 aliphatic carbocycles. The van der Waals surface area contributed by atoms with Crippen LogP contribution in [0.2, 0.25) is 0 Å². The van der Waals surface area contributed by atoms with E-state index in [4.69, 9.17) is 9.47 Å². The standard InChI is InChI=1S/C24H24N2O4S2/c1-4-29-24(28)21-20(18-11-8-12-31-18)17(13-25)23(32-14-19(27)30-15(2)3)26-22(21)16-9-6-5-7-10-16/h5-12,15,20,26H,4,14H2,1-3H3/t20-/m1/s1. The van der Waals surface area contributed by atoms with Crippen LogP contribution in [-0.2, 0) is 19.1 Å². The summed E-state index contributed by atoms with van der Waals surface area (Å²) in [7, 11) is 0. The van der Waals surface area contributed by atoms with Gasteiger partial charge in [0.25, 0.3) is 0 Å². The Bertz CT molecular complexity index is 1070. The third-order valence-electron chi connectivity index (χ3n) is 4.54. The van der Waals surface area contributed by atoms with Gasteiger partial charge in [0.1, 0.15) is 0 Å². The molecule has 0 saturated carbocycles. The number of esters is 2. The molecule has 0 radical (unpaired) electrons. The molecule has 0 bridgehead atoms. The molecule has 1 atom stereocenters. The first kappa shape index (κ1) is 23.6. The highest BCUT2D eigenvalue weighted by Gasteiger charge is 2.37. The lowest BCUT2D eigenvalue weighted by molar-refractivity contribution is -0.144. The van der Waals surface area contributed by atoms with Gasteiger partial charge in [-0.2, -0.15) is 5.26 Å². The van der Waals surface area contributed by atoms with Crippen LogP contribution >= 0.6 is 23.1 Å². The topological polar surface area (TPSA) is 88.4 Å². The first-order valence-electron chi connectivity index (χ1n) is 10.2. The minimum atomic E-state index is -0.598. The monoisotopic (exact) mass is 468 g/mol. The van der Waals surface area contributed by atoms with E-state index in [-0.39, 0.29) is 24.4 Å². The van der Waals surface area contributed by atoms with Crippen LogP contribution in [0.15, 0.2) is 64.0 Å². The number of nitriles is 1. The summed E-state index contributed by atoms with van der Waals surface area (Å²) in [6, 6.07) is 15.5. The van der Waals surface area contributed by atoms with Crippen molar-refractivity contribution in [2.75, 3.05) is 12.4 Å². The van der Waals surface area contributed by atoms with Crippen LogP contribution in [0.25, 0.3) is 5.70 Å². The fraction of sp³-hybridized carbons (Fsp3) is 0.292. The molecule has 0 amide bonds. The lowest BCUT2D eigenvalue weighted by Gasteiger charge is -2.30. The van der Waals surface area contributed by atoms with Crippen molar-refractivity contribution >= 4 is 40.7 Å². The van der Waals surface area contributed by atoms with Crippen molar-refractivity contribution in [1.82, 2.24) is 5.32 Å². The largest absolute Gasteiger partial charge is 0.463 e. The molecule has 1 N–H and O–H groups in total. The zero-order chi connectivity index (χ0) is 23.1. The molecule has 0 unspecified atom stereocenters. The summed E-state index contributed by atoms with van der Waals surface area (Å²) in [5.74, 6) is -1.40. The van der Waals surface area contributed by atoms with Crippen molar-refractivity contribution in [3.05, 3.63) is 74.5 Å². The smallest absolute Gasteiger partial charge is 0.337 e. The number of carbonyl (C=O) groups excluding carboxylic acids is 2. The molecule has 1 aliphatic heterocycles. The molecule has 2 heterocycles. The second kappa shape index (κ2) is 11.0. The Morgan fingerprint density at radius 2 is 1.97 bits per heavy atom. The van der Waals surface area contributed by atoms with Crippen LogP contribution in [0.5, 0.6) is 0 Å². The predicted octanol–water partition coefficient (Wildman–Crippen LogP) is 4.83. The molecule has 0 spiro atoms. The molecule has 3 rings (SSSR count). The van der Waals surface area contributed by atoms with Crippen molar-refractivity contribution in [3.8, 4) is 6.07 Å². The van der Waals surface area contributed by atoms with Crippen molar-refractivity contribution in [3.63, 3.8) is 0 Å². The summed E-state index contributed by atoms with van der Waals surface area (Å²) < 4.78 is 10.6. The molecular weight excluding hydrogens is 444 g/mol. The molecule has 0 fully saturated rings. The average molecular weight is 469 g/mol. The zero-order valence-electron chi connectivity index (χ0n) is 18.1. The van der Waals surface area contributed by atoms with Gasteiger partial charge in [0.05, 0.1) is 52.3 Å². The minimum absolute atomic E-state index is 0.0413. The highest BCUT2D eigenvalue weighted by Crippen LogP contribution is 2.44. The second-order valence-corrected chi connectivity index (χ2v) is 9.10. The van der Waals surface area contributed by atoms with Gasteiger partial charge in [0.2, 0.25) is 0 Å². The number of thioether (sulfide) groups is 1. The van der Waals surface area contributed by atoms with E-state index in [1.807, 2.05) is 47.8 Å². The molecule has 8 heteroatoms. The third-order valence-corrected chi connectivity index (χ3v) is 6.47. The Balaban J connectivity index is 2.12. The zero-order valence-corrected chi connectivity index (χ0v) is 19.7. The summed E-state index contributed by atoms with van der Waals surface area (Å²) in [6.45, 7) is 5.54. The number of hydrogen-bond acceptors (Lipinski definition) is 8. The number of thiophene rings is 1. The van der Waals surface area contributed by atoms with Crippen LogP contribution < -0.4 is 5.32 Å². The maximum atomic E-state index is 13.1. The summed E-state index contributed by atoms with van der Waals surface area (Å²) in [5.41, 5.74) is 2.11. The number of allylic oxidation sites excluding steroid dienone is 1. The SMILES string of the molecule is CCOC(=O)C1=C(c2ccccc2)NC(SCC(=O)OC(C)C)=C(C#N)[C@@H]1c1cccs1. The molecule has 1 aliphatic rings. The van der Waals surface area contributed by atoms with E-state index in [1.54, 1.807) is 20.8 Å². The van der Waals surface area contributed by atoms with Gasteiger partial charge in [-0.25, -0.2) is 4.79 Å². The Morgan fingerprint density at radius 3 is 2.56 bits per heavy atom. The van der Waals surface area contributed by atoms with Crippen molar-refractivity contribution < 1.29 is 19.1 Å². The average Bonchev–Trinajstić information content (AvgIpc) is 3.31. The number of nitrogens with one attached hydrogen (secondary N) is 1. The number of hydrogen-bond donors (Lipinski definition) is 1. The second-order valence-electron chi connectivity index (χ2n) is 7.13. The molecule has 1 aromatic heterocycles. The van der Waals surface area contributed by atoms with E-state index in [1.165, 1.54) is 23.1 Å². The maximum absolute atomic E-state index is 13.1. The van der Waals surface area contributed by atoms with E-state index in [2.05, 4.69) is 11.4 Å². The van der Waals surface area contributed by atoms with Gasteiger partial charge in [-0.15, -0.1) is 11.3 Å². The van der Waals surface area contributed by atoms with Crippen molar-refractivity contribution in [2.45, 2.75) is 32.8 Å². The van der Waals surface area contributed by atoms with Gasteiger partial charge in [-0.3, -0.25) is 4.79 Å². The Morgan fingerprint density at radius 1 is 1.22 bits per heavy atom. The van der Waals surface area contributed by atoms with Crippen LogP contribution in [-0.4, -0.2) is 30.4 Å². The summed E-state index contributed by atoms with van der Waals surface area (Å²) in [6.07, 6.45) is -0.221. The van der Waals surface area contributed by atoms with Crippen LogP contribution in [0.4, 0.5) is 0 Å². The number of dihydropyridines is 1. The molecule has 2 aromatic rings. The summed E-state index contributed by atoms with van der Waals surface area (Å²) in [5, 5.41) is 15.8. The molecule has 166 valence electrons. The van der Waals surface area contributed by atoms with E-state index in [0.717, 1.165) is 10.4 Å². The van der Waals surface area contributed by atoms with Gasteiger partial charge in [0.15, 0.2) is 0 Å². The lowest BCUT2D eigenvalue weighted by Crippen LogP contribution is -2.29. The van der Waals surface area contributed by atoms with Gasteiger partial charge in [0, 0.05) is 4.88 Å². The van der Waals surface area contributed by atoms with Gasteiger partial charge < -0.3 is 14.8 Å².